The quantitative estimate of drug-likeness (QED) is 0.490. The van der Waals surface area contributed by atoms with Gasteiger partial charge >= 0.3 is 0 Å². The van der Waals surface area contributed by atoms with E-state index < -0.39 is 0 Å². The van der Waals surface area contributed by atoms with Crippen molar-refractivity contribution in [2.75, 3.05) is 13.1 Å². The van der Waals surface area contributed by atoms with Crippen LogP contribution in [0.25, 0.3) is 0 Å². The number of nitrogens with one attached hydrogen (secondary N) is 1. The number of aliphatic imine (C=N–C) groups is 1. The molecular weight excluding hydrogens is 256 g/mol. The van der Waals surface area contributed by atoms with Crippen LogP contribution in [0.5, 0.6) is 0 Å². The van der Waals surface area contributed by atoms with Crippen molar-refractivity contribution in [1.82, 2.24) is 10.2 Å². The van der Waals surface area contributed by atoms with Gasteiger partial charge in [0.15, 0.2) is 11.1 Å². The minimum Gasteiger partial charge on any atom is -0.369 e. The van der Waals surface area contributed by atoms with E-state index in [4.69, 9.17) is 18.0 Å². The zero-order valence-electron chi connectivity index (χ0n) is 11.2. The number of nitrogens with zero attached hydrogens (tertiary/aromatic N) is 2. The molecule has 0 unspecified atom stereocenters. The number of fused-ring (bicyclic) bond motifs is 1. The molecule has 1 aromatic carbocycles. The Morgan fingerprint density at radius 1 is 1.42 bits per heavy atom. The Morgan fingerprint density at radius 2 is 2.16 bits per heavy atom. The van der Waals surface area contributed by atoms with E-state index in [-0.39, 0.29) is 0 Å². The number of guanidine groups is 1. The van der Waals surface area contributed by atoms with Crippen molar-refractivity contribution in [2.45, 2.75) is 26.3 Å². The Kier molecular flexibility index (Phi) is 4.74. The van der Waals surface area contributed by atoms with E-state index in [1.54, 1.807) is 0 Å². The van der Waals surface area contributed by atoms with Gasteiger partial charge in [0, 0.05) is 19.6 Å². The second kappa shape index (κ2) is 6.52. The number of hydrogen-bond donors (Lipinski definition) is 2. The third-order valence-electron chi connectivity index (χ3n) is 3.20. The van der Waals surface area contributed by atoms with Gasteiger partial charge in [0.1, 0.15) is 0 Å². The fraction of sp³-hybridized carbons (Fsp3) is 0.429. The topological polar surface area (TPSA) is 53.6 Å². The number of thiocarbonyl (C=S) groups is 1. The normalized spacial score (nSPS) is 15.0. The van der Waals surface area contributed by atoms with Gasteiger partial charge in [-0.25, -0.2) is 0 Å². The maximum atomic E-state index is 6.03. The van der Waals surface area contributed by atoms with Gasteiger partial charge in [-0.1, -0.05) is 31.2 Å². The molecule has 19 heavy (non-hydrogen) atoms. The van der Waals surface area contributed by atoms with E-state index in [1.165, 1.54) is 11.1 Å². The Labute approximate surface area is 119 Å². The van der Waals surface area contributed by atoms with Crippen LogP contribution in [0.4, 0.5) is 0 Å². The summed E-state index contributed by atoms with van der Waals surface area (Å²) in [6, 6.07) is 8.45. The molecule has 102 valence electrons. The van der Waals surface area contributed by atoms with Crippen LogP contribution in [0.3, 0.4) is 0 Å². The third kappa shape index (κ3) is 3.67. The molecule has 1 aliphatic rings. The molecule has 0 fully saturated rings. The number of rotatable bonds is 2. The van der Waals surface area contributed by atoms with E-state index in [9.17, 15) is 0 Å². The summed E-state index contributed by atoms with van der Waals surface area (Å²) < 4.78 is 0. The predicted molar refractivity (Wildman–Crippen MR) is 83.1 cm³/mol. The average Bonchev–Trinajstić information content (AvgIpc) is 2.44. The lowest BCUT2D eigenvalue weighted by Gasteiger charge is -2.29. The van der Waals surface area contributed by atoms with Crippen LogP contribution in [-0.4, -0.2) is 29.1 Å². The second-order valence-electron chi connectivity index (χ2n) is 4.64. The highest BCUT2D eigenvalue weighted by molar-refractivity contribution is 7.80. The summed E-state index contributed by atoms with van der Waals surface area (Å²) in [4.78, 5) is 6.32. The van der Waals surface area contributed by atoms with E-state index in [0.29, 0.717) is 11.1 Å². The fourth-order valence-corrected chi connectivity index (χ4v) is 2.33. The van der Waals surface area contributed by atoms with E-state index in [1.807, 2.05) is 0 Å². The van der Waals surface area contributed by atoms with Crippen LogP contribution in [0.2, 0.25) is 0 Å². The molecule has 0 radical (unpaired) electrons. The number of hydrogen-bond acceptors (Lipinski definition) is 1. The molecule has 2 rings (SSSR count). The molecule has 0 saturated heterocycles. The Hall–Kier alpha value is -1.62. The van der Waals surface area contributed by atoms with Crippen LogP contribution < -0.4 is 11.1 Å². The molecule has 1 aliphatic heterocycles. The van der Waals surface area contributed by atoms with Gasteiger partial charge in [0.2, 0.25) is 0 Å². The zero-order valence-corrected chi connectivity index (χ0v) is 12.0. The minimum atomic E-state index is 0.471. The largest absolute Gasteiger partial charge is 0.369 e. The first-order chi connectivity index (χ1) is 9.20. The lowest BCUT2D eigenvalue weighted by atomic mass is 10.0. The minimum absolute atomic E-state index is 0.471. The third-order valence-corrected chi connectivity index (χ3v) is 3.43. The molecule has 0 aromatic heterocycles. The first-order valence-electron chi connectivity index (χ1n) is 6.64. The standard InChI is InChI=1S/C14H20N4S/c1-2-8-16-14(19)17-13(15)18-9-7-11-5-3-4-6-12(11)10-18/h3-6H,2,7-10H2,1H3,(H3,15,16,17,19). The van der Waals surface area contributed by atoms with Gasteiger partial charge in [-0.3, -0.25) is 0 Å². The molecule has 0 spiro atoms. The summed E-state index contributed by atoms with van der Waals surface area (Å²) in [5.41, 5.74) is 8.75. The summed E-state index contributed by atoms with van der Waals surface area (Å²) in [5, 5.41) is 3.53. The van der Waals surface area contributed by atoms with Crippen molar-refractivity contribution in [1.29, 1.82) is 0 Å². The molecule has 5 heteroatoms. The number of nitrogens with two attached hydrogens (primary N) is 1. The Bertz CT molecular complexity index is 484. The molecular formula is C14H20N4S. The summed E-state index contributed by atoms with van der Waals surface area (Å²) in [5.74, 6) is 0.503. The molecule has 0 bridgehead atoms. The van der Waals surface area contributed by atoms with Crippen molar-refractivity contribution in [2.24, 2.45) is 10.7 Å². The SMILES string of the molecule is CCCNC(=S)/N=C(\N)N1CCc2ccccc2C1. The Morgan fingerprint density at radius 3 is 2.89 bits per heavy atom. The maximum Gasteiger partial charge on any atom is 0.199 e. The van der Waals surface area contributed by atoms with Crippen molar-refractivity contribution < 1.29 is 0 Å². The highest BCUT2D eigenvalue weighted by Gasteiger charge is 2.17. The molecule has 0 amide bonds. The van der Waals surface area contributed by atoms with Crippen LogP contribution in [0.15, 0.2) is 29.3 Å². The highest BCUT2D eigenvalue weighted by atomic mass is 32.1. The predicted octanol–water partition coefficient (Wildman–Crippen LogP) is 1.64. The summed E-state index contributed by atoms with van der Waals surface area (Å²) >= 11 is 5.14. The molecule has 0 saturated carbocycles. The first-order valence-corrected chi connectivity index (χ1v) is 7.05. The summed E-state index contributed by atoms with van der Waals surface area (Å²) in [6.45, 7) is 4.62. The second-order valence-corrected chi connectivity index (χ2v) is 5.03. The monoisotopic (exact) mass is 276 g/mol. The fourth-order valence-electron chi connectivity index (χ4n) is 2.14. The van der Waals surface area contributed by atoms with Crippen molar-refractivity contribution >= 4 is 23.3 Å². The van der Waals surface area contributed by atoms with E-state index >= 15 is 0 Å². The van der Waals surface area contributed by atoms with Gasteiger partial charge in [-0.2, -0.15) is 4.99 Å². The molecule has 0 atom stereocenters. The maximum absolute atomic E-state index is 6.03. The van der Waals surface area contributed by atoms with Gasteiger partial charge in [0.05, 0.1) is 0 Å². The zero-order chi connectivity index (χ0) is 13.7. The van der Waals surface area contributed by atoms with E-state index in [2.05, 4.69) is 46.4 Å². The molecule has 0 aliphatic carbocycles. The lowest BCUT2D eigenvalue weighted by molar-refractivity contribution is 0.390. The molecule has 1 heterocycles. The Balaban J connectivity index is 2.00. The van der Waals surface area contributed by atoms with Crippen LogP contribution >= 0.6 is 12.2 Å². The van der Waals surface area contributed by atoms with Gasteiger partial charge in [-0.05, 0) is 36.2 Å². The molecule has 3 N–H and O–H groups in total. The van der Waals surface area contributed by atoms with Crippen molar-refractivity contribution in [3.8, 4) is 0 Å². The molecule has 1 aromatic rings. The van der Waals surface area contributed by atoms with Gasteiger partial charge < -0.3 is 16.0 Å². The van der Waals surface area contributed by atoms with Crippen molar-refractivity contribution in [3.63, 3.8) is 0 Å². The lowest BCUT2D eigenvalue weighted by Crippen LogP contribution is -2.42. The van der Waals surface area contributed by atoms with E-state index in [0.717, 1.165) is 32.5 Å². The number of benzene rings is 1. The average molecular weight is 276 g/mol. The van der Waals surface area contributed by atoms with Gasteiger partial charge in [-0.15, -0.1) is 0 Å². The smallest absolute Gasteiger partial charge is 0.199 e. The van der Waals surface area contributed by atoms with Crippen LogP contribution in [-0.2, 0) is 13.0 Å². The molecule has 4 nitrogen and oxygen atoms in total. The van der Waals surface area contributed by atoms with Crippen molar-refractivity contribution in [3.05, 3.63) is 35.4 Å². The van der Waals surface area contributed by atoms with Crippen LogP contribution in [0.1, 0.15) is 24.5 Å². The van der Waals surface area contributed by atoms with Gasteiger partial charge in [0.25, 0.3) is 0 Å². The summed E-state index contributed by atoms with van der Waals surface area (Å²) in [6.07, 6.45) is 2.02. The first kappa shape index (κ1) is 13.8. The highest BCUT2D eigenvalue weighted by Crippen LogP contribution is 2.17. The van der Waals surface area contributed by atoms with Crippen LogP contribution in [0, 0.1) is 0 Å². The summed E-state index contributed by atoms with van der Waals surface area (Å²) in [7, 11) is 0.